The molecule has 0 saturated carbocycles. The molecule has 1 aliphatic rings. The van der Waals surface area contributed by atoms with E-state index in [2.05, 4.69) is 10.6 Å². The molecule has 120 valence electrons. The van der Waals surface area contributed by atoms with Crippen LogP contribution in [-0.4, -0.2) is 31.4 Å². The molecular formula is C16H22ClN3O2. The first-order chi connectivity index (χ1) is 10.6. The quantitative estimate of drug-likeness (QED) is 0.875. The number of rotatable bonds is 5. The summed E-state index contributed by atoms with van der Waals surface area (Å²) in [6.07, 6.45) is 1.62. The lowest BCUT2D eigenvalue weighted by Crippen LogP contribution is -2.48. The van der Waals surface area contributed by atoms with Crippen LogP contribution in [0.15, 0.2) is 18.2 Å². The van der Waals surface area contributed by atoms with Gasteiger partial charge in [0.2, 0.25) is 11.8 Å². The maximum Gasteiger partial charge on any atom is 0.241 e. The SMILES string of the molecule is CCC(CC)C(=O)Nc1ccc(N2CCNCC2=O)c(Cl)c1. The summed E-state index contributed by atoms with van der Waals surface area (Å²) in [5.41, 5.74) is 1.35. The maximum absolute atomic E-state index is 12.1. The van der Waals surface area contributed by atoms with Gasteiger partial charge in [-0.25, -0.2) is 0 Å². The van der Waals surface area contributed by atoms with E-state index in [0.717, 1.165) is 19.4 Å². The second-order valence-electron chi connectivity index (χ2n) is 5.39. The zero-order chi connectivity index (χ0) is 16.1. The highest BCUT2D eigenvalue weighted by molar-refractivity contribution is 6.34. The third-order valence-corrected chi connectivity index (χ3v) is 4.25. The van der Waals surface area contributed by atoms with Crippen molar-refractivity contribution in [2.24, 2.45) is 5.92 Å². The van der Waals surface area contributed by atoms with E-state index in [1.54, 1.807) is 23.1 Å². The standard InChI is InChI=1S/C16H22ClN3O2/c1-3-11(4-2)16(22)19-12-5-6-14(13(17)9-12)20-8-7-18-10-15(20)21/h5-6,9,11,18H,3-4,7-8,10H2,1-2H3,(H,19,22). The Kier molecular flexibility index (Phi) is 5.80. The van der Waals surface area contributed by atoms with E-state index in [9.17, 15) is 9.59 Å². The Morgan fingerprint density at radius 3 is 2.73 bits per heavy atom. The van der Waals surface area contributed by atoms with Crippen LogP contribution in [0.2, 0.25) is 5.02 Å². The predicted molar refractivity (Wildman–Crippen MR) is 89.4 cm³/mol. The Morgan fingerprint density at radius 2 is 2.14 bits per heavy atom. The number of carbonyl (C=O) groups excluding carboxylic acids is 2. The minimum absolute atomic E-state index is 0.00182. The van der Waals surface area contributed by atoms with Crippen molar-refractivity contribution in [2.45, 2.75) is 26.7 Å². The fraction of sp³-hybridized carbons (Fsp3) is 0.500. The summed E-state index contributed by atoms with van der Waals surface area (Å²) in [4.78, 5) is 25.7. The minimum atomic E-state index is 0.00182. The lowest BCUT2D eigenvalue weighted by molar-refractivity contribution is -0.120. The highest BCUT2D eigenvalue weighted by Gasteiger charge is 2.22. The van der Waals surface area contributed by atoms with Gasteiger partial charge in [0.15, 0.2) is 0 Å². The second kappa shape index (κ2) is 7.61. The van der Waals surface area contributed by atoms with Crippen LogP contribution in [0.25, 0.3) is 0 Å². The van der Waals surface area contributed by atoms with Crippen molar-refractivity contribution in [3.05, 3.63) is 23.2 Å². The second-order valence-corrected chi connectivity index (χ2v) is 5.80. The number of carbonyl (C=O) groups is 2. The molecule has 6 heteroatoms. The predicted octanol–water partition coefficient (Wildman–Crippen LogP) is 2.65. The van der Waals surface area contributed by atoms with Gasteiger partial charge in [-0.05, 0) is 31.0 Å². The smallest absolute Gasteiger partial charge is 0.241 e. The monoisotopic (exact) mass is 323 g/mol. The molecule has 22 heavy (non-hydrogen) atoms. The Bertz CT molecular complexity index is 558. The van der Waals surface area contributed by atoms with Crippen LogP contribution < -0.4 is 15.5 Å². The van der Waals surface area contributed by atoms with Crippen LogP contribution in [0.4, 0.5) is 11.4 Å². The summed E-state index contributed by atoms with van der Waals surface area (Å²) in [6, 6.07) is 5.28. The van der Waals surface area contributed by atoms with Crippen molar-refractivity contribution in [3.8, 4) is 0 Å². The van der Waals surface area contributed by atoms with Crippen LogP contribution in [0.3, 0.4) is 0 Å². The minimum Gasteiger partial charge on any atom is -0.326 e. The summed E-state index contributed by atoms with van der Waals surface area (Å²) in [5.74, 6) is 0.0160. The van der Waals surface area contributed by atoms with Crippen molar-refractivity contribution in [3.63, 3.8) is 0 Å². The normalized spacial score (nSPS) is 15.3. The van der Waals surface area contributed by atoms with Gasteiger partial charge in [-0.15, -0.1) is 0 Å². The van der Waals surface area contributed by atoms with Gasteiger partial charge in [-0.2, -0.15) is 0 Å². The first kappa shape index (κ1) is 16.8. The van der Waals surface area contributed by atoms with Gasteiger partial charge in [0.1, 0.15) is 0 Å². The Morgan fingerprint density at radius 1 is 1.41 bits per heavy atom. The molecule has 2 rings (SSSR count). The van der Waals surface area contributed by atoms with Crippen molar-refractivity contribution in [1.82, 2.24) is 5.32 Å². The molecule has 5 nitrogen and oxygen atoms in total. The molecule has 1 aliphatic heterocycles. The average molecular weight is 324 g/mol. The van der Waals surface area contributed by atoms with Gasteiger partial charge < -0.3 is 15.5 Å². The number of nitrogens with one attached hydrogen (secondary N) is 2. The third kappa shape index (κ3) is 3.78. The zero-order valence-corrected chi connectivity index (χ0v) is 13.7. The molecule has 2 amide bonds. The Balaban J connectivity index is 2.12. The molecule has 2 N–H and O–H groups in total. The molecule has 0 radical (unpaired) electrons. The topological polar surface area (TPSA) is 61.4 Å². The number of amides is 2. The molecule has 0 spiro atoms. The lowest BCUT2D eigenvalue weighted by atomic mass is 10.0. The number of hydrogen-bond acceptors (Lipinski definition) is 3. The molecule has 0 aliphatic carbocycles. The van der Waals surface area contributed by atoms with Crippen molar-refractivity contribution >= 4 is 34.8 Å². The number of nitrogens with zero attached hydrogens (tertiary/aromatic N) is 1. The van der Waals surface area contributed by atoms with E-state index in [1.165, 1.54) is 0 Å². The molecule has 1 heterocycles. The summed E-state index contributed by atoms with van der Waals surface area (Å²) >= 11 is 6.29. The lowest BCUT2D eigenvalue weighted by Gasteiger charge is -2.28. The number of anilines is 2. The van der Waals surface area contributed by atoms with Crippen molar-refractivity contribution < 1.29 is 9.59 Å². The first-order valence-electron chi connectivity index (χ1n) is 7.68. The highest BCUT2D eigenvalue weighted by Crippen LogP contribution is 2.29. The van der Waals surface area contributed by atoms with E-state index in [-0.39, 0.29) is 17.7 Å². The van der Waals surface area contributed by atoms with Crippen LogP contribution in [0.1, 0.15) is 26.7 Å². The molecular weight excluding hydrogens is 302 g/mol. The maximum atomic E-state index is 12.1. The molecule has 1 fully saturated rings. The molecule has 1 aromatic rings. The van der Waals surface area contributed by atoms with E-state index < -0.39 is 0 Å². The van der Waals surface area contributed by atoms with Crippen molar-refractivity contribution in [1.29, 1.82) is 0 Å². The van der Waals surface area contributed by atoms with Crippen LogP contribution in [0, 0.1) is 5.92 Å². The summed E-state index contributed by atoms with van der Waals surface area (Å²) < 4.78 is 0. The highest BCUT2D eigenvalue weighted by atomic mass is 35.5. The first-order valence-corrected chi connectivity index (χ1v) is 8.06. The summed E-state index contributed by atoms with van der Waals surface area (Å²) in [7, 11) is 0. The fourth-order valence-corrected chi connectivity index (χ4v) is 2.85. The molecule has 0 aromatic heterocycles. The zero-order valence-electron chi connectivity index (χ0n) is 13.0. The van der Waals surface area contributed by atoms with Gasteiger partial charge in [0.25, 0.3) is 0 Å². The molecule has 0 atom stereocenters. The molecule has 1 aromatic carbocycles. The van der Waals surface area contributed by atoms with Crippen LogP contribution >= 0.6 is 11.6 Å². The van der Waals surface area contributed by atoms with Crippen LogP contribution in [-0.2, 0) is 9.59 Å². The van der Waals surface area contributed by atoms with E-state index in [0.29, 0.717) is 29.5 Å². The van der Waals surface area contributed by atoms with Gasteiger partial charge >= 0.3 is 0 Å². The van der Waals surface area contributed by atoms with Gasteiger partial charge in [-0.1, -0.05) is 25.4 Å². The van der Waals surface area contributed by atoms with Crippen LogP contribution in [0.5, 0.6) is 0 Å². The number of benzene rings is 1. The van der Waals surface area contributed by atoms with E-state index >= 15 is 0 Å². The molecule has 0 bridgehead atoms. The van der Waals surface area contributed by atoms with Crippen molar-refractivity contribution in [2.75, 3.05) is 29.9 Å². The number of piperazine rings is 1. The molecule has 1 saturated heterocycles. The summed E-state index contributed by atoms with van der Waals surface area (Å²) in [6.45, 7) is 5.66. The van der Waals surface area contributed by atoms with Gasteiger partial charge in [0, 0.05) is 24.7 Å². The number of hydrogen-bond donors (Lipinski definition) is 2. The van der Waals surface area contributed by atoms with E-state index in [1.807, 2.05) is 13.8 Å². The average Bonchev–Trinajstić information content (AvgIpc) is 2.50. The fourth-order valence-electron chi connectivity index (χ4n) is 2.57. The van der Waals surface area contributed by atoms with Gasteiger partial charge in [0.05, 0.1) is 17.3 Å². The van der Waals surface area contributed by atoms with Gasteiger partial charge in [-0.3, -0.25) is 9.59 Å². The summed E-state index contributed by atoms with van der Waals surface area (Å²) in [5, 5.41) is 6.38. The Hall–Kier alpha value is -1.59. The Labute approximate surface area is 136 Å². The largest absolute Gasteiger partial charge is 0.326 e. The number of halogens is 1. The third-order valence-electron chi connectivity index (χ3n) is 3.95. The van der Waals surface area contributed by atoms with E-state index in [4.69, 9.17) is 11.6 Å². The molecule has 0 unspecified atom stereocenters.